The minimum absolute atomic E-state index is 0.153. The van der Waals surface area contributed by atoms with E-state index in [1.165, 1.54) is 7.11 Å². The number of methoxy groups -OCH3 is 2. The van der Waals surface area contributed by atoms with Gasteiger partial charge in [-0.2, -0.15) is 4.98 Å². The Bertz CT molecular complexity index is 953. The molecule has 0 unspecified atom stereocenters. The van der Waals surface area contributed by atoms with Crippen LogP contribution in [0.1, 0.15) is 16.2 Å². The van der Waals surface area contributed by atoms with Gasteiger partial charge in [0.25, 0.3) is 5.91 Å². The van der Waals surface area contributed by atoms with E-state index in [0.717, 1.165) is 5.56 Å². The standard InChI is InChI=1S/C21H21N3O4/c1-4-12-24(21(25)17-11-10-16(26-2)13-18(17)27-3)14-19-22-20(23-28-19)15-8-6-5-7-9-15/h4-11,13H,1,12,14H2,2-3H3. The number of amides is 1. The van der Waals surface area contributed by atoms with Gasteiger partial charge in [-0.25, -0.2) is 0 Å². The molecule has 0 aliphatic rings. The van der Waals surface area contributed by atoms with Gasteiger partial charge in [0.1, 0.15) is 18.0 Å². The number of benzene rings is 2. The molecule has 1 heterocycles. The van der Waals surface area contributed by atoms with Crippen LogP contribution in [0.3, 0.4) is 0 Å². The Morgan fingerprint density at radius 1 is 1.18 bits per heavy atom. The third-order valence-electron chi connectivity index (χ3n) is 4.10. The molecule has 0 fully saturated rings. The van der Waals surface area contributed by atoms with Crippen molar-refractivity contribution in [2.24, 2.45) is 0 Å². The first-order valence-electron chi connectivity index (χ1n) is 8.66. The van der Waals surface area contributed by atoms with Gasteiger partial charge in [0.15, 0.2) is 0 Å². The minimum Gasteiger partial charge on any atom is -0.497 e. The molecular formula is C21H21N3O4. The second kappa shape index (κ2) is 8.85. The third-order valence-corrected chi connectivity index (χ3v) is 4.10. The van der Waals surface area contributed by atoms with Crippen molar-refractivity contribution in [1.29, 1.82) is 0 Å². The predicted molar refractivity (Wildman–Crippen MR) is 104 cm³/mol. The highest BCUT2D eigenvalue weighted by molar-refractivity contribution is 5.97. The SMILES string of the molecule is C=CCN(Cc1nc(-c2ccccc2)no1)C(=O)c1ccc(OC)cc1OC. The van der Waals surface area contributed by atoms with Crippen molar-refractivity contribution in [3.05, 3.63) is 72.6 Å². The zero-order valence-corrected chi connectivity index (χ0v) is 15.8. The van der Waals surface area contributed by atoms with Crippen molar-refractivity contribution in [2.75, 3.05) is 20.8 Å². The lowest BCUT2D eigenvalue weighted by atomic mass is 10.1. The molecule has 0 atom stereocenters. The second-order valence-electron chi connectivity index (χ2n) is 5.92. The van der Waals surface area contributed by atoms with Crippen molar-refractivity contribution in [1.82, 2.24) is 15.0 Å². The number of hydrogen-bond donors (Lipinski definition) is 0. The predicted octanol–water partition coefficient (Wildman–Crippen LogP) is 3.58. The van der Waals surface area contributed by atoms with Crippen molar-refractivity contribution < 1.29 is 18.8 Å². The molecule has 1 aromatic heterocycles. The van der Waals surface area contributed by atoms with Gasteiger partial charge < -0.3 is 18.9 Å². The fraction of sp³-hybridized carbons (Fsp3) is 0.190. The summed E-state index contributed by atoms with van der Waals surface area (Å²) in [5, 5.41) is 4.00. The van der Waals surface area contributed by atoms with Crippen molar-refractivity contribution in [2.45, 2.75) is 6.54 Å². The minimum atomic E-state index is -0.237. The van der Waals surface area contributed by atoms with Crippen LogP contribution in [0.2, 0.25) is 0 Å². The van der Waals surface area contributed by atoms with Crippen molar-refractivity contribution >= 4 is 5.91 Å². The number of rotatable bonds is 8. The van der Waals surface area contributed by atoms with E-state index in [1.807, 2.05) is 30.3 Å². The summed E-state index contributed by atoms with van der Waals surface area (Å²) in [5.74, 6) is 1.60. The van der Waals surface area contributed by atoms with Crippen LogP contribution in [0.4, 0.5) is 0 Å². The lowest BCUT2D eigenvalue weighted by Crippen LogP contribution is -2.31. The monoisotopic (exact) mass is 379 g/mol. The van der Waals surface area contributed by atoms with Crippen LogP contribution in [0.15, 0.2) is 65.7 Å². The number of ether oxygens (including phenoxy) is 2. The number of carbonyl (C=O) groups excluding carboxylic acids is 1. The number of aromatic nitrogens is 2. The largest absolute Gasteiger partial charge is 0.497 e. The van der Waals surface area contributed by atoms with E-state index in [9.17, 15) is 4.79 Å². The Hall–Kier alpha value is -3.61. The molecule has 0 aliphatic carbocycles. The summed E-state index contributed by atoms with van der Waals surface area (Å²) >= 11 is 0. The van der Waals surface area contributed by atoms with Gasteiger partial charge in [0.2, 0.25) is 11.7 Å². The molecule has 144 valence electrons. The highest BCUT2D eigenvalue weighted by Gasteiger charge is 2.22. The lowest BCUT2D eigenvalue weighted by Gasteiger charge is -2.20. The molecule has 0 spiro atoms. The molecule has 0 aliphatic heterocycles. The van der Waals surface area contributed by atoms with E-state index in [1.54, 1.807) is 36.3 Å². The van der Waals surface area contributed by atoms with Crippen molar-refractivity contribution in [3.63, 3.8) is 0 Å². The summed E-state index contributed by atoms with van der Waals surface area (Å²) in [6.07, 6.45) is 1.64. The van der Waals surface area contributed by atoms with E-state index in [2.05, 4.69) is 16.7 Å². The van der Waals surface area contributed by atoms with E-state index < -0.39 is 0 Å². The van der Waals surface area contributed by atoms with Crippen LogP contribution in [-0.2, 0) is 6.54 Å². The molecule has 0 N–H and O–H groups in total. The number of hydrogen-bond acceptors (Lipinski definition) is 6. The molecule has 3 rings (SSSR count). The molecule has 28 heavy (non-hydrogen) atoms. The first-order valence-corrected chi connectivity index (χ1v) is 8.66. The van der Waals surface area contributed by atoms with Crippen LogP contribution in [0, 0.1) is 0 Å². The Morgan fingerprint density at radius 2 is 1.96 bits per heavy atom. The summed E-state index contributed by atoms with van der Waals surface area (Å²) in [4.78, 5) is 19.0. The summed E-state index contributed by atoms with van der Waals surface area (Å²) in [6.45, 7) is 4.20. The van der Waals surface area contributed by atoms with Crippen LogP contribution in [0.25, 0.3) is 11.4 Å². The fourth-order valence-electron chi connectivity index (χ4n) is 2.71. The molecule has 7 nitrogen and oxygen atoms in total. The Morgan fingerprint density at radius 3 is 2.64 bits per heavy atom. The Balaban J connectivity index is 1.83. The smallest absolute Gasteiger partial charge is 0.258 e. The van der Waals surface area contributed by atoms with Crippen LogP contribution >= 0.6 is 0 Å². The van der Waals surface area contributed by atoms with Gasteiger partial charge in [-0.15, -0.1) is 6.58 Å². The maximum atomic E-state index is 13.1. The first-order chi connectivity index (χ1) is 13.7. The molecule has 0 radical (unpaired) electrons. The zero-order valence-electron chi connectivity index (χ0n) is 15.8. The zero-order chi connectivity index (χ0) is 19.9. The normalized spacial score (nSPS) is 10.4. The lowest BCUT2D eigenvalue weighted by molar-refractivity contribution is 0.0742. The molecule has 3 aromatic rings. The van der Waals surface area contributed by atoms with Gasteiger partial charge in [-0.05, 0) is 12.1 Å². The summed E-state index contributed by atoms with van der Waals surface area (Å²) in [5.41, 5.74) is 1.25. The summed E-state index contributed by atoms with van der Waals surface area (Å²) in [7, 11) is 3.06. The topological polar surface area (TPSA) is 77.7 Å². The van der Waals surface area contributed by atoms with E-state index in [4.69, 9.17) is 14.0 Å². The van der Waals surface area contributed by atoms with Crippen LogP contribution in [0.5, 0.6) is 11.5 Å². The van der Waals surface area contributed by atoms with Gasteiger partial charge >= 0.3 is 0 Å². The Labute approximate surface area is 163 Å². The molecule has 7 heteroatoms. The van der Waals surface area contributed by atoms with Crippen molar-refractivity contribution in [3.8, 4) is 22.9 Å². The van der Waals surface area contributed by atoms with Gasteiger partial charge in [0, 0.05) is 18.2 Å². The number of nitrogens with zero attached hydrogens (tertiary/aromatic N) is 3. The maximum Gasteiger partial charge on any atom is 0.258 e. The molecule has 0 saturated carbocycles. The first kappa shape index (κ1) is 19.2. The summed E-state index contributed by atoms with van der Waals surface area (Å²) < 4.78 is 15.9. The molecule has 0 saturated heterocycles. The van der Waals surface area contributed by atoms with E-state index in [0.29, 0.717) is 35.3 Å². The highest BCUT2D eigenvalue weighted by Crippen LogP contribution is 2.26. The quantitative estimate of drug-likeness (QED) is 0.557. The van der Waals surface area contributed by atoms with E-state index in [-0.39, 0.29) is 12.5 Å². The molecule has 1 amide bonds. The molecular weight excluding hydrogens is 358 g/mol. The van der Waals surface area contributed by atoms with Gasteiger partial charge in [-0.3, -0.25) is 4.79 Å². The average Bonchev–Trinajstić information content (AvgIpc) is 3.21. The summed E-state index contributed by atoms with van der Waals surface area (Å²) in [6, 6.07) is 14.5. The second-order valence-corrected chi connectivity index (χ2v) is 5.92. The maximum absolute atomic E-state index is 13.1. The molecule has 0 bridgehead atoms. The third kappa shape index (κ3) is 4.20. The van der Waals surface area contributed by atoms with E-state index >= 15 is 0 Å². The fourth-order valence-corrected chi connectivity index (χ4v) is 2.71. The van der Waals surface area contributed by atoms with Gasteiger partial charge in [0.05, 0.1) is 19.8 Å². The highest BCUT2D eigenvalue weighted by atomic mass is 16.5. The van der Waals surface area contributed by atoms with Crippen LogP contribution < -0.4 is 9.47 Å². The average molecular weight is 379 g/mol. The molecule has 2 aromatic carbocycles. The number of carbonyl (C=O) groups is 1. The van der Waals surface area contributed by atoms with Crippen LogP contribution in [-0.4, -0.2) is 41.7 Å². The Kier molecular flexibility index (Phi) is 6.06. The van der Waals surface area contributed by atoms with Gasteiger partial charge in [-0.1, -0.05) is 41.6 Å².